The molecule has 202 valence electrons. The molecule has 0 radical (unpaired) electrons. The lowest BCUT2D eigenvalue weighted by molar-refractivity contribution is -0.125. The van der Waals surface area contributed by atoms with Crippen LogP contribution in [0.4, 0.5) is 16.2 Å². The molecule has 3 amide bonds. The number of nitrogens with zero attached hydrogens (tertiary/aromatic N) is 3. The fourth-order valence-electron chi connectivity index (χ4n) is 4.09. The van der Waals surface area contributed by atoms with Crippen LogP contribution < -0.4 is 22.1 Å². The number of rotatable bonds is 6. The minimum Gasteiger partial charge on any atom is -0.379 e. The molecule has 0 bridgehead atoms. The third-order valence-electron chi connectivity index (χ3n) is 6.14. The quantitative estimate of drug-likeness (QED) is 0.263. The van der Waals surface area contributed by atoms with Gasteiger partial charge < -0.3 is 31.7 Å². The largest absolute Gasteiger partial charge is 0.379 e. The standard InChI is InChI=1S/C15H17N3O2.C13H20N4O/c1-2-14(19)18-9-3-4-12(10-18)11-5-7-13(8-6-11)17-15(16)20;1-15-13(14)16-12-4-2-11(3-5-12)10-17-6-8-18-9-7-17/h2,4-8H,1,3,9-10H2,(H3,16,17,20);2-5H,6-10H2,1H3,(H3,14,15,16). The van der Waals surface area contributed by atoms with Crippen LogP contribution in [0.2, 0.25) is 0 Å². The van der Waals surface area contributed by atoms with E-state index in [9.17, 15) is 9.59 Å². The molecule has 2 aliphatic heterocycles. The fraction of sp³-hybridized carbons (Fsp3) is 0.321. The lowest BCUT2D eigenvalue weighted by atomic mass is 10.0. The van der Waals surface area contributed by atoms with Crippen LogP contribution in [0.3, 0.4) is 0 Å². The van der Waals surface area contributed by atoms with Crippen molar-refractivity contribution in [3.05, 3.63) is 78.4 Å². The van der Waals surface area contributed by atoms with E-state index >= 15 is 0 Å². The number of anilines is 2. The average Bonchev–Trinajstić information content (AvgIpc) is 2.94. The number of morpholine rings is 1. The zero-order chi connectivity index (χ0) is 27.3. The first-order valence-electron chi connectivity index (χ1n) is 12.5. The van der Waals surface area contributed by atoms with E-state index in [1.165, 1.54) is 11.6 Å². The van der Waals surface area contributed by atoms with Gasteiger partial charge in [-0.25, -0.2) is 4.79 Å². The van der Waals surface area contributed by atoms with Gasteiger partial charge in [-0.15, -0.1) is 0 Å². The van der Waals surface area contributed by atoms with Gasteiger partial charge in [0.1, 0.15) is 0 Å². The highest BCUT2D eigenvalue weighted by Crippen LogP contribution is 2.22. The summed E-state index contributed by atoms with van der Waals surface area (Å²) in [6.07, 6.45) is 4.29. The van der Waals surface area contributed by atoms with Crippen molar-refractivity contribution in [2.24, 2.45) is 16.5 Å². The first kappa shape index (κ1) is 28.4. The van der Waals surface area contributed by atoms with E-state index in [1.807, 2.05) is 24.3 Å². The Hall–Kier alpha value is -4.15. The maximum atomic E-state index is 11.6. The molecule has 0 unspecified atom stereocenters. The number of primary amides is 1. The monoisotopic (exact) mass is 519 g/mol. The van der Waals surface area contributed by atoms with Gasteiger partial charge in [-0.3, -0.25) is 14.7 Å². The molecule has 1 saturated heterocycles. The predicted octanol–water partition coefficient (Wildman–Crippen LogP) is 2.85. The molecule has 1 fully saturated rings. The minimum atomic E-state index is -0.586. The molecule has 0 saturated carbocycles. The van der Waals surface area contributed by atoms with Gasteiger partial charge in [-0.1, -0.05) is 36.9 Å². The smallest absolute Gasteiger partial charge is 0.316 e. The summed E-state index contributed by atoms with van der Waals surface area (Å²) in [6, 6.07) is 15.1. The first-order chi connectivity index (χ1) is 18.4. The zero-order valence-corrected chi connectivity index (χ0v) is 21.9. The van der Waals surface area contributed by atoms with Gasteiger partial charge in [0.05, 0.1) is 13.2 Å². The number of hydrogen-bond acceptors (Lipinski definition) is 5. The van der Waals surface area contributed by atoms with Crippen LogP contribution in [0, 0.1) is 0 Å². The van der Waals surface area contributed by atoms with Crippen LogP contribution in [-0.4, -0.2) is 74.1 Å². The van der Waals surface area contributed by atoms with E-state index < -0.39 is 6.03 Å². The van der Waals surface area contributed by atoms with Gasteiger partial charge in [0.25, 0.3) is 0 Å². The van der Waals surface area contributed by atoms with Gasteiger partial charge >= 0.3 is 6.03 Å². The van der Waals surface area contributed by atoms with Crippen molar-refractivity contribution < 1.29 is 14.3 Å². The van der Waals surface area contributed by atoms with E-state index in [1.54, 1.807) is 24.1 Å². The first-order valence-corrected chi connectivity index (χ1v) is 12.5. The number of hydrogen-bond donors (Lipinski definition) is 4. The number of urea groups is 1. The molecule has 6 N–H and O–H groups in total. The molecule has 0 atom stereocenters. The van der Waals surface area contributed by atoms with Gasteiger partial charge in [0.2, 0.25) is 5.91 Å². The van der Waals surface area contributed by atoms with Crippen molar-refractivity contribution in [3.63, 3.8) is 0 Å². The number of aliphatic imine (C=N–C) groups is 1. The van der Waals surface area contributed by atoms with Gasteiger partial charge in [0.15, 0.2) is 5.96 Å². The summed E-state index contributed by atoms with van der Waals surface area (Å²) >= 11 is 0. The summed E-state index contributed by atoms with van der Waals surface area (Å²) in [4.78, 5) is 30.4. The number of carbonyl (C=O) groups excluding carboxylic acids is 2. The van der Waals surface area contributed by atoms with Crippen molar-refractivity contribution in [2.45, 2.75) is 13.0 Å². The molecule has 2 heterocycles. The van der Waals surface area contributed by atoms with Gasteiger partial charge in [-0.2, -0.15) is 0 Å². The van der Waals surface area contributed by atoms with Crippen molar-refractivity contribution in [1.82, 2.24) is 9.80 Å². The Morgan fingerprint density at radius 2 is 1.63 bits per heavy atom. The highest BCUT2D eigenvalue weighted by Gasteiger charge is 2.17. The van der Waals surface area contributed by atoms with Crippen LogP contribution in [0.15, 0.2) is 72.3 Å². The maximum absolute atomic E-state index is 11.6. The van der Waals surface area contributed by atoms with E-state index in [2.05, 4.69) is 45.3 Å². The molecule has 0 aromatic heterocycles. The van der Waals surface area contributed by atoms with Crippen LogP contribution in [0.25, 0.3) is 5.57 Å². The average molecular weight is 520 g/mol. The Bertz CT molecular complexity index is 1140. The number of guanidine groups is 1. The number of carbonyl (C=O) groups is 2. The molecular formula is C28H37N7O3. The highest BCUT2D eigenvalue weighted by molar-refractivity contribution is 5.92. The molecule has 2 aromatic carbocycles. The van der Waals surface area contributed by atoms with E-state index in [4.69, 9.17) is 16.2 Å². The van der Waals surface area contributed by atoms with Crippen molar-refractivity contribution in [2.75, 3.05) is 57.1 Å². The van der Waals surface area contributed by atoms with E-state index in [0.717, 1.165) is 62.6 Å². The molecule has 2 aromatic rings. The summed E-state index contributed by atoms with van der Waals surface area (Å²) in [5.74, 6) is 0.374. The predicted molar refractivity (Wildman–Crippen MR) is 153 cm³/mol. The summed E-state index contributed by atoms with van der Waals surface area (Å²) < 4.78 is 5.33. The summed E-state index contributed by atoms with van der Waals surface area (Å²) in [6.45, 7) is 9.47. The van der Waals surface area contributed by atoms with Crippen LogP contribution in [0.5, 0.6) is 0 Å². The summed E-state index contributed by atoms with van der Waals surface area (Å²) in [5.41, 5.74) is 15.7. The molecule has 4 rings (SSSR count). The number of amides is 3. The number of ether oxygens (including phenoxy) is 1. The highest BCUT2D eigenvalue weighted by atomic mass is 16.5. The Morgan fingerprint density at radius 3 is 2.24 bits per heavy atom. The Balaban J connectivity index is 0.000000212. The third-order valence-corrected chi connectivity index (χ3v) is 6.14. The molecule has 0 spiro atoms. The van der Waals surface area contributed by atoms with E-state index in [0.29, 0.717) is 18.2 Å². The Morgan fingerprint density at radius 1 is 1.00 bits per heavy atom. The molecule has 10 heteroatoms. The fourth-order valence-corrected chi connectivity index (χ4v) is 4.09. The molecule has 0 aliphatic carbocycles. The van der Waals surface area contributed by atoms with Crippen molar-refractivity contribution in [1.29, 1.82) is 0 Å². The topological polar surface area (TPSA) is 138 Å². The van der Waals surface area contributed by atoms with Crippen LogP contribution in [0.1, 0.15) is 17.5 Å². The SMILES string of the molecule is C=CC(=O)N1CCC=C(c2ccc(NC(N)=O)cc2)C1.CN=C(N)Nc1ccc(CN2CCOCC2)cc1. The normalized spacial score (nSPS) is 16.0. The zero-order valence-electron chi connectivity index (χ0n) is 21.9. The summed E-state index contributed by atoms with van der Waals surface area (Å²) in [5, 5.41) is 5.53. The number of benzene rings is 2. The second-order valence-corrected chi connectivity index (χ2v) is 8.87. The third kappa shape index (κ3) is 9.06. The van der Waals surface area contributed by atoms with Gasteiger partial charge in [0, 0.05) is 51.1 Å². The molecule has 38 heavy (non-hydrogen) atoms. The summed E-state index contributed by atoms with van der Waals surface area (Å²) in [7, 11) is 1.66. The van der Waals surface area contributed by atoms with E-state index in [-0.39, 0.29) is 5.91 Å². The van der Waals surface area contributed by atoms with Crippen molar-refractivity contribution in [3.8, 4) is 0 Å². The Kier molecular flexibility index (Phi) is 10.9. The van der Waals surface area contributed by atoms with Crippen LogP contribution in [-0.2, 0) is 16.1 Å². The second kappa shape index (κ2) is 14.6. The number of nitrogens with two attached hydrogens (primary N) is 2. The minimum absolute atomic E-state index is 0.0531. The Labute approximate surface area is 224 Å². The molecular weight excluding hydrogens is 482 g/mol. The van der Waals surface area contributed by atoms with Crippen LogP contribution >= 0.6 is 0 Å². The van der Waals surface area contributed by atoms with Gasteiger partial charge in [-0.05, 0) is 53.5 Å². The number of nitrogens with one attached hydrogen (secondary N) is 2. The van der Waals surface area contributed by atoms with Crippen molar-refractivity contribution >= 4 is 34.8 Å². The molecule has 2 aliphatic rings. The maximum Gasteiger partial charge on any atom is 0.316 e. The molecule has 10 nitrogen and oxygen atoms in total. The second-order valence-electron chi connectivity index (χ2n) is 8.87. The lowest BCUT2D eigenvalue weighted by Crippen LogP contribution is -2.35. The lowest BCUT2D eigenvalue weighted by Gasteiger charge is -2.26.